The van der Waals surface area contributed by atoms with Gasteiger partial charge in [-0.25, -0.2) is 9.97 Å². The van der Waals surface area contributed by atoms with E-state index in [1.54, 1.807) is 7.11 Å². The highest BCUT2D eigenvalue weighted by molar-refractivity contribution is 5.42. The lowest BCUT2D eigenvalue weighted by Crippen LogP contribution is -2.46. The number of ether oxygens (including phenoxy) is 1. The molecule has 5 heteroatoms. The van der Waals surface area contributed by atoms with Crippen molar-refractivity contribution in [2.75, 3.05) is 51.3 Å². The predicted molar refractivity (Wildman–Crippen MR) is 81.3 cm³/mol. The van der Waals surface area contributed by atoms with Gasteiger partial charge in [-0.2, -0.15) is 0 Å². The van der Waals surface area contributed by atoms with Gasteiger partial charge in [0.15, 0.2) is 0 Å². The van der Waals surface area contributed by atoms with E-state index in [0.717, 1.165) is 57.3 Å². The molecule has 0 bridgehead atoms. The summed E-state index contributed by atoms with van der Waals surface area (Å²) in [5, 5.41) is 0. The number of methoxy groups -OCH3 is 1. The lowest BCUT2D eigenvalue weighted by atomic mass is 10.2. The van der Waals surface area contributed by atoms with Crippen LogP contribution in [-0.4, -0.2) is 61.3 Å². The fourth-order valence-corrected chi connectivity index (χ4v) is 2.45. The summed E-state index contributed by atoms with van der Waals surface area (Å²) >= 11 is 0. The molecule has 0 radical (unpaired) electrons. The van der Waals surface area contributed by atoms with Crippen LogP contribution in [0.3, 0.4) is 0 Å². The molecule has 1 saturated heterocycles. The number of hydrogen-bond donors (Lipinski definition) is 0. The average Bonchev–Trinajstić information content (AvgIpc) is 2.48. The second kappa shape index (κ2) is 7.55. The zero-order chi connectivity index (χ0) is 14.4. The molecule has 0 spiro atoms. The summed E-state index contributed by atoms with van der Waals surface area (Å²) in [6.45, 7) is 10.5. The van der Waals surface area contributed by atoms with E-state index in [0.29, 0.717) is 5.92 Å². The molecule has 20 heavy (non-hydrogen) atoms. The molecule has 0 atom stereocenters. The molecule has 1 aromatic rings. The molecule has 0 unspecified atom stereocenters. The highest BCUT2D eigenvalue weighted by atomic mass is 16.5. The van der Waals surface area contributed by atoms with E-state index in [-0.39, 0.29) is 0 Å². The molecule has 5 nitrogen and oxygen atoms in total. The van der Waals surface area contributed by atoms with Crippen LogP contribution in [0.4, 0.5) is 5.69 Å². The normalized spacial score (nSPS) is 16.9. The van der Waals surface area contributed by atoms with Crippen molar-refractivity contribution >= 4 is 5.69 Å². The average molecular weight is 278 g/mol. The van der Waals surface area contributed by atoms with E-state index in [1.165, 1.54) is 0 Å². The molecule has 0 aliphatic carbocycles. The van der Waals surface area contributed by atoms with Crippen molar-refractivity contribution in [3.8, 4) is 0 Å². The third-order valence-corrected chi connectivity index (χ3v) is 3.73. The molecule has 2 heterocycles. The number of nitrogens with zero attached hydrogens (tertiary/aromatic N) is 4. The summed E-state index contributed by atoms with van der Waals surface area (Å²) in [5.41, 5.74) is 1.14. The van der Waals surface area contributed by atoms with Crippen LogP contribution >= 0.6 is 0 Å². The summed E-state index contributed by atoms with van der Waals surface area (Å²) in [6.07, 6.45) is 5.04. The Morgan fingerprint density at radius 3 is 2.35 bits per heavy atom. The number of aromatic nitrogens is 2. The van der Waals surface area contributed by atoms with Crippen LogP contribution in [0.5, 0.6) is 0 Å². The Morgan fingerprint density at radius 2 is 1.80 bits per heavy atom. The maximum atomic E-state index is 5.10. The molecule has 1 aromatic heterocycles. The molecule has 2 rings (SSSR count). The molecule has 0 saturated carbocycles. The minimum absolute atomic E-state index is 0.390. The first-order valence-corrected chi connectivity index (χ1v) is 7.49. The van der Waals surface area contributed by atoms with Gasteiger partial charge in [-0.05, 0) is 6.42 Å². The zero-order valence-electron chi connectivity index (χ0n) is 12.9. The lowest BCUT2D eigenvalue weighted by Gasteiger charge is -2.35. The Hall–Kier alpha value is -1.20. The summed E-state index contributed by atoms with van der Waals surface area (Å²) < 4.78 is 5.10. The molecule has 0 N–H and O–H groups in total. The van der Waals surface area contributed by atoms with Crippen LogP contribution in [-0.2, 0) is 4.74 Å². The molecule has 1 aliphatic heterocycles. The van der Waals surface area contributed by atoms with Crippen molar-refractivity contribution < 1.29 is 4.74 Å². The Kier molecular flexibility index (Phi) is 5.73. The second-order valence-electron chi connectivity index (χ2n) is 5.63. The Bertz CT molecular complexity index is 385. The van der Waals surface area contributed by atoms with E-state index < -0.39 is 0 Å². The van der Waals surface area contributed by atoms with Crippen LogP contribution in [0.15, 0.2) is 12.4 Å². The van der Waals surface area contributed by atoms with E-state index in [2.05, 4.69) is 33.6 Å². The van der Waals surface area contributed by atoms with Gasteiger partial charge in [0.05, 0.1) is 18.1 Å². The summed E-state index contributed by atoms with van der Waals surface area (Å²) in [4.78, 5) is 13.8. The minimum atomic E-state index is 0.390. The SMILES string of the molecule is COCCCN1CCN(c2cnc(C(C)C)nc2)CC1. The zero-order valence-corrected chi connectivity index (χ0v) is 12.9. The van der Waals surface area contributed by atoms with Crippen LogP contribution in [0.25, 0.3) is 0 Å². The Morgan fingerprint density at radius 1 is 1.15 bits per heavy atom. The smallest absolute Gasteiger partial charge is 0.130 e. The maximum Gasteiger partial charge on any atom is 0.130 e. The van der Waals surface area contributed by atoms with Gasteiger partial charge in [0.2, 0.25) is 0 Å². The number of hydrogen-bond acceptors (Lipinski definition) is 5. The van der Waals surface area contributed by atoms with Crippen molar-refractivity contribution in [2.45, 2.75) is 26.2 Å². The molecule has 0 aromatic carbocycles. The summed E-state index contributed by atoms with van der Waals surface area (Å²) in [5.74, 6) is 1.31. The van der Waals surface area contributed by atoms with Crippen molar-refractivity contribution in [1.29, 1.82) is 0 Å². The van der Waals surface area contributed by atoms with Gasteiger partial charge >= 0.3 is 0 Å². The van der Waals surface area contributed by atoms with Crippen LogP contribution in [0.1, 0.15) is 32.0 Å². The highest BCUT2D eigenvalue weighted by Gasteiger charge is 2.17. The lowest BCUT2D eigenvalue weighted by molar-refractivity contribution is 0.169. The number of piperazine rings is 1. The third-order valence-electron chi connectivity index (χ3n) is 3.73. The molecule has 1 aliphatic rings. The van der Waals surface area contributed by atoms with Crippen LogP contribution in [0, 0.1) is 0 Å². The van der Waals surface area contributed by atoms with Crippen molar-refractivity contribution in [1.82, 2.24) is 14.9 Å². The van der Waals surface area contributed by atoms with Crippen molar-refractivity contribution in [2.24, 2.45) is 0 Å². The molecule has 112 valence electrons. The van der Waals surface area contributed by atoms with E-state index in [9.17, 15) is 0 Å². The van der Waals surface area contributed by atoms with Gasteiger partial charge in [-0.3, -0.25) is 4.90 Å². The summed E-state index contributed by atoms with van der Waals surface area (Å²) in [7, 11) is 1.76. The number of anilines is 1. The first-order chi connectivity index (χ1) is 9.70. The van der Waals surface area contributed by atoms with E-state index in [4.69, 9.17) is 4.74 Å². The van der Waals surface area contributed by atoms with Gasteiger partial charge < -0.3 is 9.64 Å². The van der Waals surface area contributed by atoms with Crippen LogP contribution < -0.4 is 4.90 Å². The largest absolute Gasteiger partial charge is 0.385 e. The monoisotopic (exact) mass is 278 g/mol. The van der Waals surface area contributed by atoms with Gasteiger partial charge in [0, 0.05) is 52.4 Å². The van der Waals surface area contributed by atoms with Crippen LogP contribution in [0.2, 0.25) is 0 Å². The van der Waals surface area contributed by atoms with Gasteiger partial charge in [-0.1, -0.05) is 13.8 Å². The fourth-order valence-electron chi connectivity index (χ4n) is 2.45. The van der Waals surface area contributed by atoms with Crippen molar-refractivity contribution in [3.05, 3.63) is 18.2 Å². The van der Waals surface area contributed by atoms with E-state index in [1.807, 2.05) is 12.4 Å². The minimum Gasteiger partial charge on any atom is -0.385 e. The fraction of sp³-hybridized carbons (Fsp3) is 0.733. The molecule has 1 fully saturated rings. The highest BCUT2D eigenvalue weighted by Crippen LogP contribution is 2.16. The molecular formula is C15H26N4O. The third kappa shape index (κ3) is 4.15. The quantitative estimate of drug-likeness (QED) is 0.742. The number of rotatable bonds is 6. The topological polar surface area (TPSA) is 41.5 Å². The first kappa shape index (κ1) is 15.2. The van der Waals surface area contributed by atoms with Gasteiger partial charge in [0.1, 0.15) is 5.82 Å². The second-order valence-corrected chi connectivity index (χ2v) is 5.63. The maximum absolute atomic E-state index is 5.10. The molecule has 0 amide bonds. The molecular weight excluding hydrogens is 252 g/mol. The van der Waals surface area contributed by atoms with E-state index >= 15 is 0 Å². The summed E-state index contributed by atoms with van der Waals surface area (Å²) in [6, 6.07) is 0. The van der Waals surface area contributed by atoms with Gasteiger partial charge in [0.25, 0.3) is 0 Å². The predicted octanol–water partition coefficient (Wildman–Crippen LogP) is 1.76. The standard InChI is InChI=1S/C15H26N4O/c1-13(2)15-16-11-14(12-17-15)19-8-6-18(7-9-19)5-4-10-20-3/h11-13H,4-10H2,1-3H3. The van der Waals surface area contributed by atoms with Gasteiger partial charge in [-0.15, -0.1) is 0 Å². The first-order valence-electron chi connectivity index (χ1n) is 7.49. The van der Waals surface area contributed by atoms with Crippen molar-refractivity contribution in [3.63, 3.8) is 0 Å². The Balaban J connectivity index is 1.81. The Labute approximate surface area is 122 Å².